The lowest BCUT2D eigenvalue weighted by molar-refractivity contribution is -0.135. The second-order valence-electron chi connectivity index (χ2n) is 6.65. The zero-order valence-corrected chi connectivity index (χ0v) is 13.1. The van der Waals surface area contributed by atoms with Gasteiger partial charge in [0.25, 0.3) is 0 Å². The predicted molar refractivity (Wildman–Crippen MR) is 80.7 cm³/mol. The van der Waals surface area contributed by atoms with Crippen molar-refractivity contribution in [3.8, 4) is 0 Å². The normalized spacial score (nSPS) is 28.4. The Morgan fingerprint density at radius 1 is 1.35 bits per heavy atom. The lowest BCUT2D eigenvalue weighted by Gasteiger charge is -2.33. The molecule has 0 aromatic carbocycles. The minimum Gasteiger partial charge on any atom is -0.378 e. The fraction of sp³-hybridized carbons (Fsp3) is 0.938. The summed E-state index contributed by atoms with van der Waals surface area (Å²) in [5, 5.41) is 3.39. The number of ether oxygens (including phenoxy) is 1. The molecule has 4 nitrogen and oxygen atoms in total. The molecule has 116 valence electrons. The summed E-state index contributed by atoms with van der Waals surface area (Å²) in [6, 6.07) is 0.661. The Hall–Kier alpha value is -0.610. The van der Waals surface area contributed by atoms with Crippen LogP contribution in [0.2, 0.25) is 0 Å². The van der Waals surface area contributed by atoms with Gasteiger partial charge < -0.3 is 15.0 Å². The van der Waals surface area contributed by atoms with Gasteiger partial charge in [-0.3, -0.25) is 4.79 Å². The summed E-state index contributed by atoms with van der Waals surface area (Å²) in [7, 11) is 0. The Morgan fingerprint density at radius 3 is 2.90 bits per heavy atom. The van der Waals surface area contributed by atoms with Gasteiger partial charge in [-0.15, -0.1) is 0 Å². The van der Waals surface area contributed by atoms with Crippen molar-refractivity contribution in [1.29, 1.82) is 0 Å². The monoisotopic (exact) mass is 282 g/mol. The van der Waals surface area contributed by atoms with E-state index in [-0.39, 0.29) is 6.04 Å². The smallest absolute Gasteiger partial charge is 0.224 e. The third-order valence-corrected chi connectivity index (χ3v) is 4.36. The molecule has 2 rings (SSSR count). The first-order chi connectivity index (χ1) is 9.66. The molecule has 0 aromatic rings. The average Bonchev–Trinajstić information content (AvgIpc) is 2.64. The molecule has 0 aliphatic carbocycles. The van der Waals surface area contributed by atoms with E-state index in [1.807, 2.05) is 0 Å². The average molecular weight is 282 g/mol. The molecule has 2 heterocycles. The van der Waals surface area contributed by atoms with Crippen LogP contribution in [0.5, 0.6) is 0 Å². The summed E-state index contributed by atoms with van der Waals surface area (Å²) in [6.45, 7) is 7.77. The van der Waals surface area contributed by atoms with Gasteiger partial charge in [0.1, 0.15) is 0 Å². The molecular formula is C16H30N2O2. The Labute approximate surface area is 123 Å². The van der Waals surface area contributed by atoms with Crippen molar-refractivity contribution in [2.24, 2.45) is 5.92 Å². The van der Waals surface area contributed by atoms with Crippen LogP contribution in [0.4, 0.5) is 0 Å². The van der Waals surface area contributed by atoms with Crippen molar-refractivity contribution in [2.75, 3.05) is 26.3 Å². The minimum atomic E-state index is 0.208. The van der Waals surface area contributed by atoms with E-state index in [1.54, 1.807) is 0 Å². The highest BCUT2D eigenvalue weighted by Gasteiger charge is 2.28. The molecule has 0 radical (unpaired) electrons. The van der Waals surface area contributed by atoms with Gasteiger partial charge in [0.2, 0.25) is 5.91 Å². The Bertz CT molecular complexity index is 301. The number of hydrogen-bond acceptors (Lipinski definition) is 3. The molecule has 2 fully saturated rings. The maximum Gasteiger partial charge on any atom is 0.224 e. The van der Waals surface area contributed by atoms with E-state index < -0.39 is 0 Å². The summed E-state index contributed by atoms with van der Waals surface area (Å²) in [6.07, 6.45) is 6.61. The second-order valence-corrected chi connectivity index (χ2v) is 6.65. The number of likely N-dealkylation sites (tertiary alicyclic amines) is 1. The quantitative estimate of drug-likeness (QED) is 0.859. The van der Waals surface area contributed by atoms with Crippen LogP contribution in [0.25, 0.3) is 0 Å². The predicted octanol–water partition coefficient (Wildman–Crippen LogP) is 2.18. The summed E-state index contributed by atoms with van der Waals surface area (Å²) >= 11 is 0. The Morgan fingerprint density at radius 2 is 2.20 bits per heavy atom. The van der Waals surface area contributed by atoms with Crippen molar-refractivity contribution in [3.63, 3.8) is 0 Å². The van der Waals surface area contributed by atoms with Crippen LogP contribution in [-0.2, 0) is 9.53 Å². The molecule has 20 heavy (non-hydrogen) atoms. The third kappa shape index (κ3) is 4.74. The van der Waals surface area contributed by atoms with Gasteiger partial charge in [-0.25, -0.2) is 0 Å². The van der Waals surface area contributed by atoms with E-state index in [9.17, 15) is 4.79 Å². The van der Waals surface area contributed by atoms with E-state index in [4.69, 9.17) is 4.74 Å². The molecular weight excluding hydrogens is 252 g/mol. The van der Waals surface area contributed by atoms with Crippen molar-refractivity contribution < 1.29 is 9.53 Å². The van der Waals surface area contributed by atoms with Gasteiger partial charge in [-0.1, -0.05) is 26.7 Å². The highest BCUT2D eigenvalue weighted by molar-refractivity contribution is 5.77. The van der Waals surface area contributed by atoms with E-state index in [0.717, 1.165) is 32.5 Å². The molecule has 2 aliphatic rings. The lowest BCUT2D eigenvalue weighted by atomic mass is 9.98. The van der Waals surface area contributed by atoms with Gasteiger partial charge in [-0.05, 0) is 25.2 Å². The van der Waals surface area contributed by atoms with Crippen molar-refractivity contribution in [3.05, 3.63) is 0 Å². The number of rotatable bonds is 4. The molecule has 0 saturated carbocycles. The Balaban J connectivity index is 1.92. The first-order valence-corrected chi connectivity index (χ1v) is 8.27. The maximum absolute atomic E-state index is 12.6. The number of hydrogen-bond donors (Lipinski definition) is 1. The van der Waals surface area contributed by atoms with E-state index in [1.165, 1.54) is 19.3 Å². The summed E-state index contributed by atoms with van der Waals surface area (Å²) in [4.78, 5) is 14.8. The first kappa shape index (κ1) is 15.8. The van der Waals surface area contributed by atoms with Gasteiger partial charge in [-0.2, -0.15) is 0 Å². The van der Waals surface area contributed by atoms with Crippen LogP contribution in [0.1, 0.15) is 52.4 Å². The summed E-state index contributed by atoms with van der Waals surface area (Å²) in [5.41, 5.74) is 0. The number of amides is 1. The standard InChI is InChI=1S/C16H30N2O2/c1-13(2)10-15-6-4-3-5-8-18(15)16(19)11-14-12-20-9-7-17-14/h13-15,17H,3-12H2,1-2H3. The van der Waals surface area contributed by atoms with E-state index in [0.29, 0.717) is 30.9 Å². The molecule has 1 amide bonds. The molecule has 2 saturated heterocycles. The zero-order valence-electron chi connectivity index (χ0n) is 13.1. The molecule has 1 N–H and O–H groups in total. The fourth-order valence-electron chi connectivity index (χ4n) is 3.37. The third-order valence-electron chi connectivity index (χ3n) is 4.36. The van der Waals surface area contributed by atoms with Crippen molar-refractivity contribution in [2.45, 2.75) is 64.5 Å². The molecule has 2 aliphatic heterocycles. The fourth-order valence-corrected chi connectivity index (χ4v) is 3.37. The van der Waals surface area contributed by atoms with Crippen LogP contribution < -0.4 is 5.32 Å². The summed E-state index contributed by atoms with van der Waals surface area (Å²) < 4.78 is 5.45. The second kappa shape index (κ2) is 7.99. The van der Waals surface area contributed by atoms with Crippen molar-refractivity contribution in [1.82, 2.24) is 10.2 Å². The summed E-state index contributed by atoms with van der Waals surface area (Å²) in [5.74, 6) is 0.977. The van der Waals surface area contributed by atoms with Crippen LogP contribution in [0.3, 0.4) is 0 Å². The van der Waals surface area contributed by atoms with Crippen molar-refractivity contribution >= 4 is 5.91 Å². The number of carbonyl (C=O) groups excluding carboxylic acids is 1. The lowest BCUT2D eigenvalue weighted by Crippen LogP contribution is -2.47. The van der Waals surface area contributed by atoms with Gasteiger partial charge >= 0.3 is 0 Å². The number of morpholine rings is 1. The molecule has 0 spiro atoms. The first-order valence-electron chi connectivity index (χ1n) is 8.27. The topological polar surface area (TPSA) is 41.6 Å². The highest BCUT2D eigenvalue weighted by atomic mass is 16.5. The van der Waals surface area contributed by atoms with Gasteiger partial charge in [0.05, 0.1) is 13.2 Å². The van der Waals surface area contributed by atoms with Crippen LogP contribution >= 0.6 is 0 Å². The van der Waals surface area contributed by atoms with Crippen LogP contribution in [0.15, 0.2) is 0 Å². The Kier molecular flexibility index (Phi) is 6.30. The zero-order chi connectivity index (χ0) is 14.4. The maximum atomic E-state index is 12.6. The molecule has 2 atom stereocenters. The number of nitrogens with one attached hydrogen (secondary N) is 1. The largest absolute Gasteiger partial charge is 0.378 e. The van der Waals surface area contributed by atoms with E-state index >= 15 is 0 Å². The van der Waals surface area contributed by atoms with Crippen LogP contribution in [-0.4, -0.2) is 49.2 Å². The number of carbonyl (C=O) groups is 1. The van der Waals surface area contributed by atoms with Crippen LogP contribution in [0, 0.1) is 5.92 Å². The minimum absolute atomic E-state index is 0.208. The molecule has 4 heteroatoms. The van der Waals surface area contributed by atoms with Gasteiger partial charge in [0.15, 0.2) is 0 Å². The SMILES string of the molecule is CC(C)CC1CCCCCN1C(=O)CC1COCCN1. The van der Waals surface area contributed by atoms with Gasteiger partial charge in [0, 0.05) is 31.6 Å². The molecule has 0 aromatic heterocycles. The molecule has 2 unspecified atom stereocenters. The number of nitrogens with zero attached hydrogens (tertiary/aromatic N) is 1. The molecule has 0 bridgehead atoms. The highest BCUT2D eigenvalue weighted by Crippen LogP contribution is 2.23. The van der Waals surface area contributed by atoms with E-state index in [2.05, 4.69) is 24.1 Å².